The first kappa shape index (κ1) is 13.8. The van der Waals surface area contributed by atoms with Crippen LogP contribution in [0.2, 0.25) is 0 Å². The molecule has 4 atom stereocenters. The van der Waals surface area contributed by atoms with Crippen LogP contribution in [0.25, 0.3) is 0 Å². The molecule has 0 aromatic rings. The number of hydrogen-bond acceptors (Lipinski definition) is 3. The Morgan fingerprint density at radius 2 is 2.06 bits per heavy atom. The Morgan fingerprint density at radius 3 is 2.61 bits per heavy atom. The van der Waals surface area contributed by atoms with Crippen molar-refractivity contribution in [3.8, 4) is 0 Å². The van der Waals surface area contributed by atoms with E-state index in [0.29, 0.717) is 18.0 Å². The van der Waals surface area contributed by atoms with Gasteiger partial charge in [0.15, 0.2) is 0 Å². The third-order valence-electron chi connectivity index (χ3n) is 4.51. The molecule has 4 unspecified atom stereocenters. The average Bonchev–Trinajstić information content (AvgIpc) is 2.95. The monoisotopic (exact) mass is 254 g/mol. The van der Waals surface area contributed by atoms with Crippen LogP contribution in [-0.2, 0) is 4.79 Å². The van der Waals surface area contributed by atoms with Crippen LogP contribution in [0.3, 0.4) is 0 Å². The van der Waals surface area contributed by atoms with Gasteiger partial charge in [-0.3, -0.25) is 4.79 Å². The minimum Gasteiger partial charge on any atom is -0.480 e. The van der Waals surface area contributed by atoms with Gasteiger partial charge in [-0.25, -0.2) is 0 Å². The number of carboxylic acids is 1. The molecule has 3 N–H and O–H groups in total. The topological polar surface area (TPSA) is 61.4 Å². The first-order valence-electron chi connectivity index (χ1n) is 7.32. The highest BCUT2D eigenvalue weighted by molar-refractivity contribution is 5.73. The zero-order chi connectivity index (χ0) is 13.1. The highest BCUT2D eigenvalue weighted by Gasteiger charge is 2.37. The predicted octanol–water partition coefficient (Wildman–Crippen LogP) is 1.61. The van der Waals surface area contributed by atoms with E-state index >= 15 is 0 Å². The summed E-state index contributed by atoms with van der Waals surface area (Å²) in [5.41, 5.74) is 0. The van der Waals surface area contributed by atoms with Crippen LogP contribution in [0.1, 0.15) is 46.0 Å². The Labute approximate surface area is 110 Å². The molecular formula is C14H26N2O2. The lowest BCUT2D eigenvalue weighted by Gasteiger charge is -2.30. The van der Waals surface area contributed by atoms with Crippen LogP contribution in [0.4, 0.5) is 0 Å². The van der Waals surface area contributed by atoms with Gasteiger partial charge in [0.1, 0.15) is 6.04 Å². The maximum atomic E-state index is 11.3. The Morgan fingerprint density at radius 1 is 1.28 bits per heavy atom. The van der Waals surface area contributed by atoms with Crippen LogP contribution >= 0.6 is 0 Å². The lowest BCUT2D eigenvalue weighted by Crippen LogP contribution is -2.50. The Bertz CT molecular complexity index is 288. The second-order valence-electron chi connectivity index (χ2n) is 6.13. The van der Waals surface area contributed by atoms with Crippen molar-refractivity contribution in [3.63, 3.8) is 0 Å². The van der Waals surface area contributed by atoms with Crippen molar-refractivity contribution in [2.75, 3.05) is 6.54 Å². The number of nitrogens with one attached hydrogen (secondary N) is 2. The molecule has 4 heteroatoms. The van der Waals surface area contributed by atoms with Crippen molar-refractivity contribution in [2.24, 2.45) is 11.8 Å². The van der Waals surface area contributed by atoms with E-state index in [-0.39, 0.29) is 5.92 Å². The molecule has 2 fully saturated rings. The summed E-state index contributed by atoms with van der Waals surface area (Å²) in [7, 11) is 0. The van der Waals surface area contributed by atoms with E-state index in [0.717, 1.165) is 13.0 Å². The van der Waals surface area contributed by atoms with Crippen molar-refractivity contribution in [2.45, 2.75) is 64.1 Å². The standard InChI is InChI=1S/C14H26N2O2/c1-9(2)13(14(17)18)16-12-6-3-5-10(12)11-7-4-8-15-11/h9-13,15-16H,3-8H2,1-2H3,(H,17,18). The van der Waals surface area contributed by atoms with Crippen molar-refractivity contribution in [3.05, 3.63) is 0 Å². The van der Waals surface area contributed by atoms with Crippen molar-refractivity contribution >= 4 is 5.97 Å². The molecule has 0 radical (unpaired) electrons. The van der Waals surface area contributed by atoms with E-state index in [1.54, 1.807) is 0 Å². The Kier molecular flexibility index (Phi) is 4.62. The summed E-state index contributed by atoms with van der Waals surface area (Å²) in [6.45, 7) is 5.08. The maximum absolute atomic E-state index is 11.3. The van der Waals surface area contributed by atoms with E-state index < -0.39 is 12.0 Å². The molecule has 0 aromatic heterocycles. The van der Waals surface area contributed by atoms with Crippen molar-refractivity contribution in [1.29, 1.82) is 0 Å². The Hall–Kier alpha value is -0.610. The molecule has 1 saturated heterocycles. The third-order valence-corrected chi connectivity index (χ3v) is 4.51. The van der Waals surface area contributed by atoms with Gasteiger partial charge in [-0.2, -0.15) is 0 Å². The molecule has 0 bridgehead atoms. The third kappa shape index (κ3) is 3.04. The minimum absolute atomic E-state index is 0.139. The summed E-state index contributed by atoms with van der Waals surface area (Å²) in [5.74, 6) is 0.0448. The van der Waals surface area contributed by atoms with Gasteiger partial charge in [-0.15, -0.1) is 0 Å². The summed E-state index contributed by atoms with van der Waals surface area (Å²) in [5, 5.41) is 16.3. The number of hydrogen-bond donors (Lipinski definition) is 3. The second-order valence-corrected chi connectivity index (χ2v) is 6.13. The van der Waals surface area contributed by atoms with E-state index in [4.69, 9.17) is 0 Å². The molecule has 1 aliphatic heterocycles. The smallest absolute Gasteiger partial charge is 0.320 e. The van der Waals surface area contributed by atoms with Crippen LogP contribution in [0, 0.1) is 11.8 Å². The first-order valence-corrected chi connectivity index (χ1v) is 7.32. The lowest BCUT2D eigenvalue weighted by molar-refractivity contribution is -0.141. The van der Waals surface area contributed by atoms with Gasteiger partial charge in [-0.05, 0) is 44.1 Å². The van der Waals surface area contributed by atoms with E-state index in [1.807, 2.05) is 13.8 Å². The predicted molar refractivity (Wildman–Crippen MR) is 71.6 cm³/mol. The van der Waals surface area contributed by atoms with Gasteiger partial charge in [0, 0.05) is 12.1 Å². The van der Waals surface area contributed by atoms with Crippen molar-refractivity contribution < 1.29 is 9.90 Å². The molecule has 18 heavy (non-hydrogen) atoms. The summed E-state index contributed by atoms with van der Waals surface area (Å²) >= 11 is 0. The highest BCUT2D eigenvalue weighted by atomic mass is 16.4. The lowest BCUT2D eigenvalue weighted by atomic mass is 9.91. The molecule has 0 aromatic carbocycles. The summed E-state index contributed by atoms with van der Waals surface area (Å²) in [6, 6.07) is 0.577. The van der Waals surface area contributed by atoms with Gasteiger partial charge in [0.25, 0.3) is 0 Å². The van der Waals surface area contributed by atoms with Gasteiger partial charge in [0.2, 0.25) is 0 Å². The number of carbonyl (C=O) groups is 1. The minimum atomic E-state index is -0.713. The highest BCUT2D eigenvalue weighted by Crippen LogP contribution is 2.32. The summed E-state index contributed by atoms with van der Waals surface area (Å²) in [4.78, 5) is 11.3. The van der Waals surface area contributed by atoms with E-state index in [2.05, 4.69) is 10.6 Å². The van der Waals surface area contributed by atoms with Crippen molar-refractivity contribution in [1.82, 2.24) is 10.6 Å². The molecular weight excluding hydrogens is 228 g/mol. The molecule has 104 valence electrons. The van der Waals surface area contributed by atoms with E-state index in [1.165, 1.54) is 25.7 Å². The fraction of sp³-hybridized carbons (Fsp3) is 0.929. The maximum Gasteiger partial charge on any atom is 0.320 e. The van der Waals surface area contributed by atoms with Crippen LogP contribution in [0.15, 0.2) is 0 Å². The van der Waals surface area contributed by atoms with Crippen LogP contribution in [-0.4, -0.2) is 35.7 Å². The largest absolute Gasteiger partial charge is 0.480 e. The molecule has 1 heterocycles. The molecule has 2 rings (SSSR count). The fourth-order valence-electron chi connectivity index (χ4n) is 3.53. The summed E-state index contributed by atoms with van der Waals surface area (Å²) < 4.78 is 0. The zero-order valence-electron chi connectivity index (χ0n) is 11.5. The zero-order valence-corrected chi connectivity index (χ0v) is 11.5. The number of carboxylic acid groups (broad SMARTS) is 1. The van der Waals surface area contributed by atoms with Crippen LogP contribution < -0.4 is 10.6 Å². The Balaban J connectivity index is 1.96. The van der Waals surface area contributed by atoms with Gasteiger partial charge in [0.05, 0.1) is 0 Å². The van der Waals surface area contributed by atoms with Crippen LogP contribution in [0.5, 0.6) is 0 Å². The van der Waals surface area contributed by atoms with Gasteiger partial charge >= 0.3 is 5.97 Å². The number of rotatable bonds is 5. The molecule has 0 spiro atoms. The summed E-state index contributed by atoms with van der Waals surface area (Å²) in [6.07, 6.45) is 6.10. The molecule has 2 aliphatic rings. The average molecular weight is 254 g/mol. The molecule has 1 saturated carbocycles. The quantitative estimate of drug-likeness (QED) is 0.697. The molecule has 4 nitrogen and oxygen atoms in total. The number of aliphatic carboxylic acids is 1. The van der Waals surface area contributed by atoms with Gasteiger partial charge < -0.3 is 15.7 Å². The fourth-order valence-corrected chi connectivity index (χ4v) is 3.53. The normalized spacial score (nSPS) is 34.1. The molecule has 1 aliphatic carbocycles. The first-order chi connectivity index (χ1) is 8.59. The molecule has 0 amide bonds. The second kappa shape index (κ2) is 6.02. The van der Waals surface area contributed by atoms with E-state index in [9.17, 15) is 9.90 Å². The SMILES string of the molecule is CC(C)C(NC1CCCC1C1CCCN1)C(=O)O. The van der Waals surface area contributed by atoms with Gasteiger partial charge in [-0.1, -0.05) is 20.3 Å².